The Kier molecular flexibility index (Phi) is 13.3. The summed E-state index contributed by atoms with van der Waals surface area (Å²) < 4.78 is 0. The number of aromatic hydroxyl groups is 1. The summed E-state index contributed by atoms with van der Waals surface area (Å²) in [6, 6.07) is 4.25. The Morgan fingerprint density at radius 3 is 1.50 bits per heavy atom. The van der Waals surface area contributed by atoms with Crippen LogP contribution in [0.4, 0.5) is 0 Å². The van der Waals surface area contributed by atoms with Gasteiger partial charge in [0, 0.05) is 6.42 Å². The molecule has 3 heteroatoms. The number of carbonyl (C=O) groups is 1. The van der Waals surface area contributed by atoms with E-state index in [0.29, 0.717) is 12.2 Å². The Bertz CT molecular complexity index is 689. The van der Waals surface area contributed by atoms with Crippen LogP contribution in [-0.4, -0.2) is 11.0 Å². The van der Waals surface area contributed by atoms with Gasteiger partial charge in [-0.1, -0.05) is 138 Å². The first-order valence-corrected chi connectivity index (χ1v) is 14.0. The molecule has 0 aliphatic carbocycles. The first kappa shape index (κ1) is 30.5. The van der Waals surface area contributed by atoms with E-state index in [4.69, 9.17) is 5.73 Å². The molecular formula is C31H55NO2. The summed E-state index contributed by atoms with van der Waals surface area (Å²) in [5.74, 6) is 0.266. The number of benzene rings is 1. The van der Waals surface area contributed by atoms with Crippen molar-refractivity contribution in [2.45, 2.75) is 155 Å². The quantitative estimate of drug-likeness (QED) is 0.235. The van der Waals surface area contributed by atoms with Crippen LogP contribution in [0, 0.1) is 0 Å². The molecule has 1 atom stereocenters. The lowest BCUT2D eigenvalue weighted by molar-refractivity contribution is -0.118. The molecule has 0 fully saturated rings. The number of carbonyl (C=O) groups excluding carboxylic acids is 1. The molecule has 1 amide bonds. The molecule has 1 aromatic carbocycles. The van der Waals surface area contributed by atoms with Gasteiger partial charge in [0.15, 0.2) is 0 Å². The second-order valence-electron chi connectivity index (χ2n) is 12.5. The number of primary amides is 1. The van der Waals surface area contributed by atoms with Crippen LogP contribution >= 0.6 is 0 Å². The summed E-state index contributed by atoms with van der Waals surface area (Å²) in [5.41, 5.74) is 8.37. The zero-order valence-electron chi connectivity index (χ0n) is 23.6. The SMILES string of the molecule is CCCCCCCCCCCCCCC(CC(N)=O)c1cc(C(C)(C)C)c(O)c(C(C)(C)C)c1. The van der Waals surface area contributed by atoms with Gasteiger partial charge in [-0.2, -0.15) is 0 Å². The fourth-order valence-corrected chi connectivity index (χ4v) is 4.90. The summed E-state index contributed by atoms with van der Waals surface area (Å²) in [5, 5.41) is 11.0. The molecule has 0 aromatic heterocycles. The highest BCUT2D eigenvalue weighted by atomic mass is 16.3. The van der Waals surface area contributed by atoms with E-state index in [0.717, 1.165) is 29.5 Å². The highest BCUT2D eigenvalue weighted by Crippen LogP contribution is 2.42. The number of hydrogen-bond donors (Lipinski definition) is 2. The molecular weight excluding hydrogens is 418 g/mol. The van der Waals surface area contributed by atoms with Crippen molar-refractivity contribution < 1.29 is 9.90 Å². The predicted molar refractivity (Wildman–Crippen MR) is 148 cm³/mol. The number of nitrogens with two attached hydrogens (primary N) is 1. The van der Waals surface area contributed by atoms with Gasteiger partial charge in [0.05, 0.1) is 0 Å². The van der Waals surface area contributed by atoms with Gasteiger partial charge in [-0.25, -0.2) is 0 Å². The van der Waals surface area contributed by atoms with Crippen LogP contribution < -0.4 is 5.73 Å². The van der Waals surface area contributed by atoms with Gasteiger partial charge in [0.25, 0.3) is 0 Å². The normalized spacial score (nSPS) is 13.3. The fraction of sp³-hybridized carbons (Fsp3) is 0.774. The Morgan fingerprint density at radius 2 is 1.15 bits per heavy atom. The van der Waals surface area contributed by atoms with Gasteiger partial charge in [-0.05, 0) is 39.9 Å². The third-order valence-corrected chi connectivity index (χ3v) is 7.07. The zero-order chi connectivity index (χ0) is 25.8. The molecule has 0 bridgehead atoms. The van der Waals surface area contributed by atoms with Crippen molar-refractivity contribution in [1.29, 1.82) is 0 Å². The van der Waals surface area contributed by atoms with E-state index in [-0.39, 0.29) is 22.7 Å². The summed E-state index contributed by atoms with van der Waals surface area (Å²) in [7, 11) is 0. The van der Waals surface area contributed by atoms with E-state index in [2.05, 4.69) is 60.6 Å². The maximum absolute atomic E-state index is 11.9. The molecule has 0 saturated heterocycles. The van der Waals surface area contributed by atoms with Crippen LogP contribution in [0.15, 0.2) is 12.1 Å². The molecule has 0 heterocycles. The summed E-state index contributed by atoms with van der Waals surface area (Å²) in [6.07, 6.45) is 17.3. The highest BCUT2D eigenvalue weighted by molar-refractivity contribution is 5.75. The van der Waals surface area contributed by atoms with Gasteiger partial charge in [-0.15, -0.1) is 0 Å². The van der Waals surface area contributed by atoms with Gasteiger partial charge in [0.1, 0.15) is 5.75 Å². The predicted octanol–water partition coefficient (Wildman–Crippen LogP) is 9.04. The van der Waals surface area contributed by atoms with E-state index in [1.54, 1.807) is 0 Å². The van der Waals surface area contributed by atoms with Crippen LogP contribution in [0.1, 0.15) is 161 Å². The van der Waals surface area contributed by atoms with Crippen molar-refractivity contribution in [3.05, 3.63) is 28.8 Å². The second-order valence-corrected chi connectivity index (χ2v) is 12.5. The maximum Gasteiger partial charge on any atom is 0.218 e. The van der Waals surface area contributed by atoms with Crippen molar-refractivity contribution in [1.82, 2.24) is 0 Å². The van der Waals surface area contributed by atoms with Crippen LogP contribution in [0.2, 0.25) is 0 Å². The lowest BCUT2D eigenvalue weighted by atomic mass is 9.76. The molecule has 0 aliphatic heterocycles. The minimum atomic E-state index is -0.244. The third kappa shape index (κ3) is 11.3. The summed E-state index contributed by atoms with van der Waals surface area (Å²) >= 11 is 0. The largest absolute Gasteiger partial charge is 0.507 e. The molecule has 1 unspecified atom stereocenters. The van der Waals surface area contributed by atoms with Crippen molar-refractivity contribution in [2.75, 3.05) is 0 Å². The van der Waals surface area contributed by atoms with Gasteiger partial charge < -0.3 is 10.8 Å². The molecule has 0 spiro atoms. The highest BCUT2D eigenvalue weighted by Gasteiger charge is 2.28. The summed E-state index contributed by atoms with van der Waals surface area (Å²) in [4.78, 5) is 11.9. The van der Waals surface area contributed by atoms with Crippen molar-refractivity contribution in [3.63, 3.8) is 0 Å². The zero-order valence-corrected chi connectivity index (χ0v) is 23.6. The molecule has 196 valence electrons. The van der Waals surface area contributed by atoms with Crippen LogP contribution in [-0.2, 0) is 15.6 Å². The molecule has 0 radical (unpaired) electrons. The maximum atomic E-state index is 11.9. The monoisotopic (exact) mass is 473 g/mol. The number of unbranched alkanes of at least 4 members (excludes halogenated alkanes) is 11. The topological polar surface area (TPSA) is 63.3 Å². The Hall–Kier alpha value is -1.51. The molecule has 3 N–H and O–H groups in total. The lowest BCUT2D eigenvalue weighted by Crippen LogP contribution is -2.20. The fourth-order valence-electron chi connectivity index (χ4n) is 4.90. The van der Waals surface area contributed by atoms with Crippen molar-refractivity contribution in [2.24, 2.45) is 5.73 Å². The van der Waals surface area contributed by atoms with E-state index < -0.39 is 0 Å². The number of phenolic OH excluding ortho intramolecular Hbond substituents is 1. The molecule has 0 saturated carbocycles. The number of phenols is 1. The summed E-state index contributed by atoms with van der Waals surface area (Å²) in [6.45, 7) is 15.1. The van der Waals surface area contributed by atoms with Crippen LogP contribution in [0.5, 0.6) is 5.75 Å². The second kappa shape index (κ2) is 14.8. The third-order valence-electron chi connectivity index (χ3n) is 7.07. The Morgan fingerprint density at radius 1 is 0.765 bits per heavy atom. The van der Waals surface area contributed by atoms with E-state index >= 15 is 0 Å². The Labute approximate surface area is 211 Å². The number of rotatable bonds is 16. The van der Waals surface area contributed by atoms with Crippen LogP contribution in [0.25, 0.3) is 0 Å². The minimum Gasteiger partial charge on any atom is -0.507 e. The van der Waals surface area contributed by atoms with Gasteiger partial charge in [-0.3, -0.25) is 4.79 Å². The number of hydrogen-bond acceptors (Lipinski definition) is 2. The Balaban J connectivity index is 2.69. The van der Waals surface area contributed by atoms with Gasteiger partial charge >= 0.3 is 0 Å². The average Bonchev–Trinajstić information content (AvgIpc) is 2.72. The standard InChI is InChI=1S/C31H55NO2/c1-8-9-10-11-12-13-14-15-16-17-18-19-20-24(23-28(32)33)25-21-26(30(2,3)4)29(34)27(22-25)31(5,6)7/h21-22,24,34H,8-20,23H2,1-7H3,(H2,32,33). The van der Waals surface area contributed by atoms with Crippen molar-refractivity contribution >= 4 is 5.91 Å². The van der Waals surface area contributed by atoms with Crippen molar-refractivity contribution in [3.8, 4) is 5.75 Å². The molecule has 34 heavy (non-hydrogen) atoms. The average molecular weight is 474 g/mol. The molecule has 3 nitrogen and oxygen atoms in total. The van der Waals surface area contributed by atoms with E-state index in [1.165, 1.54) is 70.6 Å². The first-order chi connectivity index (χ1) is 15.9. The molecule has 0 aliphatic rings. The molecule has 1 aromatic rings. The van der Waals surface area contributed by atoms with E-state index in [1.807, 2.05) is 0 Å². The number of amides is 1. The first-order valence-electron chi connectivity index (χ1n) is 14.0. The van der Waals surface area contributed by atoms with Crippen LogP contribution in [0.3, 0.4) is 0 Å². The molecule has 1 rings (SSSR count). The minimum absolute atomic E-state index is 0.114. The smallest absolute Gasteiger partial charge is 0.218 e. The van der Waals surface area contributed by atoms with Gasteiger partial charge in [0.2, 0.25) is 5.91 Å². The lowest BCUT2D eigenvalue weighted by Gasteiger charge is -2.30. The van der Waals surface area contributed by atoms with E-state index in [9.17, 15) is 9.90 Å².